The maximum Gasteiger partial charge on any atom is 0.139 e. The van der Waals surface area contributed by atoms with Crippen molar-refractivity contribution in [3.63, 3.8) is 0 Å². The van der Waals surface area contributed by atoms with Gasteiger partial charge in [-0.25, -0.2) is 14.8 Å². The van der Waals surface area contributed by atoms with Gasteiger partial charge in [-0.3, -0.25) is 4.40 Å². The molecule has 27 heavy (non-hydrogen) atoms. The van der Waals surface area contributed by atoms with Crippen LogP contribution in [0.3, 0.4) is 0 Å². The fraction of sp³-hybridized carbons (Fsp3) is 0.476. The molecule has 0 aromatic carbocycles. The predicted octanol–water partition coefficient (Wildman–Crippen LogP) is 4.47. The van der Waals surface area contributed by atoms with Gasteiger partial charge in [0.2, 0.25) is 0 Å². The van der Waals surface area contributed by atoms with E-state index in [0.29, 0.717) is 12.6 Å². The number of ether oxygens (including phenoxy) is 1. The fourth-order valence-electron chi connectivity index (χ4n) is 3.74. The van der Waals surface area contributed by atoms with Crippen LogP contribution in [0.4, 0.5) is 5.82 Å². The van der Waals surface area contributed by atoms with Gasteiger partial charge in [0, 0.05) is 18.7 Å². The molecule has 0 radical (unpaired) electrons. The number of pyridine rings is 1. The van der Waals surface area contributed by atoms with E-state index in [1.165, 1.54) is 39.2 Å². The van der Waals surface area contributed by atoms with Crippen molar-refractivity contribution in [2.75, 3.05) is 19.0 Å². The fourth-order valence-corrected chi connectivity index (χ4v) is 3.74. The predicted molar refractivity (Wildman–Crippen MR) is 105 cm³/mol. The van der Waals surface area contributed by atoms with Gasteiger partial charge in [0.1, 0.15) is 29.5 Å². The lowest BCUT2D eigenvalue weighted by Gasteiger charge is -2.23. The molecule has 1 fully saturated rings. The Morgan fingerprint density at radius 2 is 2.19 bits per heavy atom. The summed E-state index contributed by atoms with van der Waals surface area (Å²) in [6.07, 6.45) is 15.5. The molecule has 0 bridgehead atoms. The van der Waals surface area contributed by atoms with E-state index in [2.05, 4.69) is 15.8 Å². The molecule has 144 valence electrons. The van der Waals surface area contributed by atoms with E-state index in [0.717, 1.165) is 41.5 Å². The first-order valence-corrected chi connectivity index (χ1v) is 9.77. The summed E-state index contributed by atoms with van der Waals surface area (Å²) < 4.78 is 7.71. The Morgan fingerprint density at radius 1 is 1.30 bits per heavy atom. The van der Waals surface area contributed by atoms with Crippen LogP contribution in [-0.2, 0) is 21.1 Å². The zero-order valence-corrected chi connectivity index (χ0v) is 15.8. The Balaban J connectivity index is 1.65. The van der Waals surface area contributed by atoms with Gasteiger partial charge in [-0.15, -0.1) is 0 Å². The largest absolute Gasteiger partial charge is 0.494 e. The van der Waals surface area contributed by atoms with E-state index < -0.39 is 0 Å². The Kier molecular flexibility index (Phi) is 5.75. The van der Waals surface area contributed by atoms with Crippen LogP contribution in [0.5, 0.6) is 0 Å². The first-order chi connectivity index (χ1) is 13.3. The molecule has 1 N–H and O–H groups in total. The van der Waals surface area contributed by atoms with Gasteiger partial charge in [0.25, 0.3) is 0 Å². The number of nitrogens with zero attached hydrogens (tertiary/aromatic N) is 2. The summed E-state index contributed by atoms with van der Waals surface area (Å²) in [6.45, 7) is 1.16. The number of rotatable bonds is 7. The molecule has 4 rings (SSSR count). The maximum atomic E-state index is 5.59. The molecule has 0 saturated heterocycles. The highest BCUT2D eigenvalue weighted by atomic mass is 17.2. The second-order valence-corrected chi connectivity index (χ2v) is 7.09. The highest BCUT2D eigenvalue weighted by Gasteiger charge is 2.18. The zero-order valence-electron chi connectivity index (χ0n) is 15.8. The smallest absolute Gasteiger partial charge is 0.139 e. The van der Waals surface area contributed by atoms with Gasteiger partial charge in [0.15, 0.2) is 0 Å². The number of hydrogen-bond acceptors (Lipinski definition) is 5. The number of allylic oxidation sites excluding steroid dienone is 1. The van der Waals surface area contributed by atoms with E-state index in [4.69, 9.17) is 19.5 Å². The summed E-state index contributed by atoms with van der Waals surface area (Å²) in [7, 11) is 1.52. The Morgan fingerprint density at radius 3 is 2.96 bits per heavy atom. The molecule has 0 spiro atoms. The van der Waals surface area contributed by atoms with E-state index in [1.54, 1.807) is 0 Å². The number of anilines is 1. The second-order valence-electron chi connectivity index (χ2n) is 7.09. The number of imidazole rings is 1. The van der Waals surface area contributed by atoms with Gasteiger partial charge in [-0.05, 0) is 48.8 Å². The number of fused-ring (bicyclic) bond motifs is 1. The van der Waals surface area contributed by atoms with Crippen LogP contribution in [0.1, 0.15) is 49.8 Å². The van der Waals surface area contributed by atoms with Crippen LogP contribution >= 0.6 is 0 Å². The molecule has 0 atom stereocenters. The van der Waals surface area contributed by atoms with Gasteiger partial charge >= 0.3 is 0 Å². The summed E-state index contributed by atoms with van der Waals surface area (Å²) in [4.78, 5) is 14.6. The summed E-state index contributed by atoms with van der Waals surface area (Å²) >= 11 is 0. The van der Waals surface area contributed by atoms with Crippen molar-refractivity contribution in [2.45, 2.75) is 51.2 Å². The molecule has 1 aliphatic heterocycles. The summed E-state index contributed by atoms with van der Waals surface area (Å²) in [5.74, 6) is 1.97. The molecule has 3 heterocycles. The minimum Gasteiger partial charge on any atom is -0.494 e. The maximum absolute atomic E-state index is 5.59. The lowest BCUT2D eigenvalue weighted by molar-refractivity contribution is -0.282. The molecule has 0 amide bonds. The molecule has 2 aromatic heterocycles. The second kappa shape index (κ2) is 8.59. The molecule has 0 unspecified atom stereocenters. The quantitative estimate of drug-likeness (QED) is 0.576. The summed E-state index contributed by atoms with van der Waals surface area (Å²) in [5.41, 5.74) is 2.85. The minimum absolute atomic E-state index is 0.400. The van der Waals surface area contributed by atoms with Crippen molar-refractivity contribution in [3.05, 3.63) is 47.5 Å². The summed E-state index contributed by atoms with van der Waals surface area (Å²) in [5, 5.41) is 3.74. The summed E-state index contributed by atoms with van der Waals surface area (Å²) in [6, 6.07) is 4.58. The number of nitrogens with one attached hydrogen (secondary N) is 1. The monoisotopic (exact) mass is 369 g/mol. The normalized spacial score (nSPS) is 18.2. The number of hydrogen-bond donors (Lipinski definition) is 1. The van der Waals surface area contributed by atoms with Gasteiger partial charge < -0.3 is 10.1 Å². The first-order valence-electron chi connectivity index (χ1n) is 9.77. The average Bonchev–Trinajstić information content (AvgIpc) is 3.33. The van der Waals surface area contributed by atoms with Crippen LogP contribution in [-0.4, -0.2) is 29.1 Å². The molecular formula is C21H27N3O3. The van der Waals surface area contributed by atoms with Crippen LogP contribution < -0.4 is 5.32 Å². The highest BCUT2D eigenvalue weighted by Crippen LogP contribution is 2.27. The highest BCUT2D eigenvalue weighted by molar-refractivity contribution is 5.68. The first kappa shape index (κ1) is 18.1. The van der Waals surface area contributed by atoms with Crippen LogP contribution in [0, 0.1) is 0 Å². The SMILES string of the molecule is COOCc1ccn2c(NC3CCCCC3)c(/C=C/C3=CCCO3)nc2c1. The van der Waals surface area contributed by atoms with Crippen molar-refractivity contribution >= 4 is 17.5 Å². The zero-order chi connectivity index (χ0) is 18.5. The molecule has 6 nitrogen and oxygen atoms in total. The van der Waals surface area contributed by atoms with Gasteiger partial charge in [-0.2, -0.15) is 0 Å². The molecule has 2 aliphatic rings. The van der Waals surface area contributed by atoms with Crippen molar-refractivity contribution in [1.29, 1.82) is 0 Å². The number of aromatic nitrogens is 2. The third kappa shape index (κ3) is 4.34. The van der Waals surface area contributed by atoms with Gasteiger partial charge in [0.05, 0.1) is 13.7 Å². The Hall–Kier alpha value is -2.31. The van der Waals surface area contributed by atoms with Crippen LogP contribution in [0.2, 0.25) is 0 Å². The van der Waals surface area contributed by atoms with E-state index in [-0.39, 0.29) is 0 Å². The van der Waals surface area contributed by atoms with E-state index in [1.807, 2.05) is 30.5 Å². The van der Waals surface area contributed by atoms with Crippen molar-refractivity contribution < 1.29 is 14.5 Å². The lowest BCUT2D eigenvalue weighted by atomic mass is 9.95. The molecule has 6 heteroatoms. The average molecular weight is 369 g/mol. The van der Waals surface area contributed by atoms with E-state index in [9.17, 15) is 0 Å². The third-order valence-electron chi connectivity index (χ3n) is 5.14. The minimum atomic E-state index is 0.400. The Bertz CT molecular complexity index is 835. The van der Waals surface area contributed by atoms with Crippen molar-refractivity contribution in [1.82, 2.24) is 9.38 Å². The lowest BCUT2D eigenvalue weighted by Crippen LogP contribution is -2.23. The molecular weight excluding hydrogens is 342 g/mol. The Labute approximate surface area is 159 Å². The van der Waals surface area contributed by atoms with Gasteiger partial charge in [-0.1, -0.05) is 19.3 Å². The van der Waals surface area contributed by atoms with Crippen LogP contribution in [0.25, 0.3) is 11.7 Å². The topological polar surface area (TPSA) is 57.0 Å². The molecule has 1 aliphatic carbocycles. The standard InChI is InChI=1S/C21H27N3O3/c1-25-27-15-16-11-12-24-20(14-16)23-19(10-9-18-8-5-13-26-18)21(24)22-17-6-3-2-4-7-17/h8-12,14,17,22H,2-7,13,15H2,1H3/b10-9+. The van der Waals surface area contributed by atoms with Crippen LogP contribution in [0.15, 0.2) is 36.2 Å². The van der Waals surface area contributed by atoms with E-state index >= 15 is 0 Å². The van der Waals surface area contributed by atoms with Crippen molar-refractivity contribution in [2.24, 2.45) is 0 Å². The molecule has 1 saturated carbocycles. The molecule has 2 aromatic rings. The third-order valence-corrected chi connectivity index (χ3v) is 5.14. The van der Waals surface area contributed by atoms with Crippen molar-refractivity contribution in [3.8, 4) is 0 Å².